The van der Waals surface area contributed by atoms with Crippen LogP contribution < -0.4 is 10.1 Å². The first kappa shape index (κ1) is 14.6. The number of nitro benzene ring substituents is 1. The van der Waals surface area contributed by atoms with E-state index < -0.39 is 11.0 Å². The van der Waals surface area contributed by atoms with Crippen LogP contribution in [-0.4, -0.2) is 29.8 Å². The summed E-state index contributed by atoms with van der Waals surface area (Å²) in [5.41, 5.74) is -0.175. The van der Waals surface area contributed by atoms with Gasteiger partial charge in [0.2, 0.25) is 0 Å². The van der Waals surface area contributed by atoms with Gasteiger partial charge in [0.15, 0.2) is 12.4 Å². The molecule has 0 saturated carbocycles. The number of hydrogen-bond donors (Lipinski definition) is 1. The number of non-ortho nitro benzene ring substituents is 1. The Kier molecular flexibility index (Phi) is 4.99. The molecule has 1 aromatic rings. The van der Waals surface area contributed by atoms with Crippen LogP contribution in [0.3, 0.4) is 0 Å². The van der Waals surface area contributed by atoms with Crippen LogP contribution in [0, 0.1) is 10.1 Å². The molecule has 0 bridgehead atoms. The molecule has 0 unspecified atom stereocenters. The standard InChI is InChI=1S/C12H14N2O5/c1-3-13-12(16)8(2)19-11-5-4-10(14(17)18)6-9(11)7-15/h4-8H,3H2,1-2H3,(H,13,16)/t8-/m0/s1. The topological polar surface area (TPSA) is 98.5 Å². The van der Waals surface area contributed by atoms with Crippen molar-refractivity contribution in [2.45, 2.75) is 20.0 Å². The van der Waals surface area contributed by atoms with Crippen LogP contribution in [0.5, 0.6) is 5.75 Å². The number of nitrogens with one attached hydrogen (secondary N) is 1. The summed E-state index contributed by atoms with van der Waals surface area (Å²) >= 11 is 0. The van der Waals surface area contributed by atoms with Crippen molar-refractivity contribution in [2.75, 3.05) is 6.54 Å². The van der Waals surface area contributed by atoms with Crippen LogP contribution >= 0.6 is 0 Å². The Morgan fingerprint density at radius 1 is 1.58 bits per heavy atom. The second kappa shape index (κ2) is 6.48. The molecule has 0 fully saturated rings. The molecule has 1 atom stereocenters. The zero-order valence-electron chi connectivity index (χ0n) is 10.6. The van der Waals surface area contributed by atoms with Crippen LogP contribution in [0.2, 0.25) is 0 Å². The monoisotopic (exact) mass is 266 g/mol. The van der Waals surface area contributed by atoms with Gasteiger partial charge in [0.1, 0.15) is 5.75 Å². The lowest BCUT2D eigenvalue weighted by Crippen LogP contribution is -2.36. The van der Waals surface area contributed by atoms with Crippen LogP contribution in [0.4, 0.5) is 5.69 Å². The molecule has 1 aromatic carbocycles. The van der Waals surface area contributed by atoms with Gasteiger partial charge in [0, 0.05) is 18.7 Å². The summed E-state index contributed by atoms with van der Waals surface area (Å²) in [6, 6.07) is 3.62. The van der Waals surface area contributed by atoms with Crippen molar-refractivity contribution in [1.82, 2.24) is 5.32 Å². The predicted octanol–water partition coefficient (Wildman–Crippen LogP) is 1.31. The third-order valence-corrected chi connectivity index (χ3v) is 2.36. The Hall–Kier alpha value is -2.44. The van der Waals surface area contributed by atoms with Gasteiger partial charge in [0.25, 0.3) is 11.6 Å². The summed E-state index contributed by atoms with van der Waals surface area (Å²) < 4.78 is 5.32. The average molecular weight is 266 g/mol. The van der Waals surface area contributed by atoms with E-state index in [-0.39, 0.29) is 22.9 Å². The Labute approximate surface area is 109 Å². The van der Waals surface area contributed by atoms with E-state index in [9.17, 15) is 19.7 Å². The summed E-state index contributed by atoms with van der Waals surface area (Å²) in [7, 11) is 0. The molecular formula is C12H14N2O5. The normalized spacial score (nSPS) is 11.5. The molecule has 0 aliphatic carbocycles. The third-order valence-electron chi connectivity index (χ3n) is 2.36. The van der Waals surface area contributed by atoms with Crippen molar-refractivity contribution in [2.24, 2.45) is 0 Å². The maximum Gasteiger partial charge on any atom is 0.270 e. The Balaban J connectivity index is 2.92. The number of ether oxygens (including phenoxy) is 1. The number of amides is 1. The number of carbonyl (C=O) groups is 2. The van der Waals surface area contributed by atoms with Crippen molar-refractivity contribution < 1.29 is 19.2 Å². The molecule has 1 N–H and O–H groups in total. The highest BCUT2D eigenvalue weighted by molar-refractivity contribution is 5.83. The molecule has 0 spiro atoms. The largest absolute Gasteiger partial charge is 0.480 e. The van der Waals surface area contributed by atoms with Gasteiger partial charge in [-0.25, -0.2) is 0 Å². The first-order valence-electron chi connectivity index (χ1n) is 5.67. The van der Waals surface area contributed by atoms with E-state index >= 15 is 0 Å². The number of rotatable bonds is 6. The lowest BCUT2D eigenvalue weighted by molar-refractivity contribution is -0.384. The molecule has 0 aliphatic heterocycles. The molecule has 19 heavy (non-hydrogen) atoms. The third kappa shape index (κ3) is 3.77. The molecule has 0 saturated heterocycles. The highest BCUT2D eigenvalue weighted by Crippen LogP contribution is 2.23. The zero-order valence-corrected chi connectivity index (χ0v) is 10.6. The minimum atomic E-state index is -0.792. The number of benzene rings is 1. The molecule has 0 heterocycles. The summed E-state index contributed by atoms with van der Waals surface area (Å²) in [6.07, 6.45) is -0.340. The molecule has 102 valence electrons. The van der Waals surface area contributed by atoms with Crippen LogP contribution in [-0.2, 0) is 4.79 Å². The van der Waals surface area contributed by atoms with Crippen molar-refractivity contribution in [3.8, 4) is 5.75 Å². The molecular weight excluding hydrogens is 252 g/mol. The highest BCUT2D eigenvalue weighted by Gasteiger charge is 2.17. The number of carbonyl (C=O) groups excluding carboxylic acids is 2. The fourth-order valence-electron chi connectivity index (χ4n) is 1.41. The highest BCUT2D eigenvalue weighted by atomic mass is 16.6. The van der Waals surface area contributed by atoms with Crippen molar-refractivity contribution in [1.29, 1.82) is 0 Å². The number of hydrogen-bond acceptors (Lipinski definition) is 5. The number of likely N-dealkylation sites (N-methyl/N-ethyl adjacent to an activating group) is 1. The van der Waals surface area contributed by atoms with E-state index in [0.717, 1.165) is 6.07 Å². The molecule has 7 nitrogen and oxygen atoms in total. The van der Waals surface area contributed by atoms with E-state index in [1.165, 1.54) is 19.1 Å². The number of aldehydes is 1. The predicted molar refractivity (Wildman–Crippen MR) is 67.3 cm³/mol. The Bertz CT molecular complexity index is 501. The molecule has 0 aromatic heterocycles. The minimum absolute atomic E-state index is 0.0327. The van der Waals surface area contributed by atoms with E-state index in [1.807, 2.05) is 0 Å². The summed E-state index contributed by atoms with van der Waals surface area (Å²) in [6.45, 7) is 3.77. The fourth-order valence-corrected chi connectivity index (χ4v) is 1.41. The molecule has 1 rings (SSSR count). The summed E-state index contributed by atoms with van der Waals surface area (Å²) in [5, 5.41) is 13.2. The molecule has 0 radical (unpaired) electrons. The second-order valence-corrected chi connectivity index (χ2v) is 3.75. The average Bonchev–Trinajstić information content (AvgIpc) is 2.39. The first-order chi connectivity index (χ1) is 8.99. The maximum atomic E-state index is 11.5. The number of nitrogens with zero attached hydrogens (tertiary/aromatic N) is 1. The quantitative estimate of drug-likeness (QED) is 0.475. The van der Waals surface area contributed by atoms with Gasteiger partial charge in [0.05, 0.1) is 10.5 Å². The Morgan fingerprint density at radius 3 is 2.79 bits per heavy atom. The second-order valence-electron chi connectivity index (χ2n) is 3.75. The van der Waals surface area contributed by atoms with Gasteiger partial charge in [-0.2, -0.15) is 0 Å². The van der Waals surface area contributed by atoms with Crippen molar-refractivity contribution in [3.05, 3.63) is 33.9 Å². The van der Waals surface area contributed by atoms with E-state index in [2.05, 4.69) is 5.32 Å². The smallest absolute Gasteiger partial charge is 0.270 e. The lowest BCUT2D eigenvalue weighted by Gasteiger charge is -2.15. The molecule has 7 heteroatoms. The van der Waals surface area contributed by atoms with Crippen molar-refractivity contribution in [3.63, 3.8) is 0 Å². The van der Waals surface area contributed by atoms with Gasteiger partial charge in [-0.1, -0.05) is 0 Å². The Morgan fingerprint density at radius 2 is 2.26 bits per heavy atom. The van der Waals surface area contributed by atoms with Gasteiger partial charge in [-0.3, -0.25) is 19.7 Å². The van der Waals surface area contributed by atoms with Crippen LogP contribution in [0.25, 0.3) is 0 Å². The van der Waals surface area contributed by atoms with Gasteiger partial charge >= 0.3 is 0 Å². The fraction of sp³-hybridized carbons (Fsp3) is 0.333. The number of nitro groups is 1. The first-order valence-corrected chi connectivity index (χ1v) is 5.67. The van der Waals surface area contributed by atoms with Crippen LogP contribution in [0.1, 0.15) is 24.2 Å². The lowest BCUT2D eigenvalue weighted by atomic mass is 10.2. The zero-order chi connectivity index (χ0) is 14.4. The van der Waals surface area contributed by atoms with E-state index in [4.69, 9.17) is 4.74 Å². The van der Waals surface area contributed by atoms with Gasteiger partial charge in [-0.05, 0) is 19.9 Å². The minimum Gasteiger partial charge on any atom is -0.480 e. The van der Waals surface area contributed by atoms with E-state index in [1.54, 1.807) is 6.92 Å². The maximum absolute atomic E-state index is 11.5. The van der Waals surface area contributed by atoms with Crippen LogP contribution in [0.15, 0.2) is 18.2 Å². The van der Waals surface area contributed by atoms with Gasteiger partial charge in [-0.15, -0.1) is 0 Å². The molecule has 0 aliphatic rings. The SMILES string of the molecule is CCNC(=O)[C@H](C)Oc1ccc([N+](=O)[O-])cc1C=O. The van der Waals surface area contributed by atoms with Crippen molar-refractivity contribution >= 4 is 17.9 Å². The van der Waals surface area contributed by atoms with Gasteiger partial charge < -0.3 is 10.1 Å². The molecule has 1 amide bonds. The van der Waals surface area contributed by atoms with E-state index in [0.29, 0.717) is 12.8 Å². The summed E-state index contributed by atoms with van der Waals surface area (Å²) in [4.78, 5) is 32.3. The summed E-state index contributed by atoms with van der Waals surface area (Å²) in [5.74, 6) is -0.183.